The van der Waals surface area contributed by atoms with Crippen LogP contribution in [0.4, 0.5) is 0 Å². The Bertz CT molecular complexity index is 567. The van der Waals surface area contributed by atoms with Crippen LogP contribution in [0.5, 0.6) is 0 Å². The molecule has 1 heteroatoms. The number of aryl methyl sites for hydroxylation is 2. The van der Waals surface area contributed by atoms with E-state index in [2.05, 4.69) is 52.8 Å². The van der Waals surface area contributed by atoms with E-state index in [1.807, 2.05) is 0 Å². The number of hydrogen-bond acceptors (Lipinski definition) is 1. The highest BCUT2D eigenvalue weighted by Crippen LogP contribution is 2.61. The Balaban J connectivity index is 1.94. The summed E-state index contributed by atoms with van der Waals surface area (Å²) in [6.45, 7) is 12.3. The second-order valence-corrected chi connectivity index (χ2v) is 9.73. The van der Waals surface area contributed by atoms with Gasteiger partial charge >= 0.3 is 0 Å². The Morgan fingerprint density at radius 2 is 1.67 bits per heavy atom. The fourth-order valence-corrected chi connectivity index (χ4v) is 6.51. The van der Waals surface area contributed by atoms with E-state index in [4.69, 9.17) is 0 Å². The van der Waals surface area contributed by atoms with Gasteiger partial charge in [0.15, 0.2) is 0 Å². The molecule has 0 radical (unpaired) electrons. The number of fused-ring (bicyclic) bond motifs is 1. The second kappa shape index (κ2) is 6.48. The van der Waals surface area contributed by atoms with E-state index < -0.39 is 0 Å². The summed E-state index contributed by atoms with van der Waals surface area (Å²) in [6, 6.07) is 6.99. The van der Waals surface area contributed by atoms with Gasteiger partial charge in [-0.25, -0.2) is 0 Å². The summed E-state index contributed by atoms with van der Waals surface area (Å²) < 4.78 is 0. The van der Waals surface area contributed by atoms with E-state index in [0.29, 0.717) is 29.3 Å². The first-order chi connectivity index (χ1) is 11.3. The van der Waals surface area contributed by atoms with Gasteiger partial charge in [0, 0.05) is 6.61 Å². The van der Waals surface area contributed by atoms with E-state index in [1.165, 1.54) is 48.8 Å². The Kier molecular flexibility index (Phi) is 4.86. The number of rotatable bonds is 3. The van der Waals surface area contributed by atoms with Crippen LogP contribution >= 0.6 is 0 Å². The first-order valence-electron chi connectivity index (χ1n) is 9.94. The van der Waals surface area contributed by atoms with Gasteiger partial charge in [-0.1, -0.05) is 56.5 Å². The highest BCUT2D eigenvalue weighted by atomic mass is 16.3. The highest BCUT2D eigenvalue weighted by molar-refractivity contribution is 5.29. The van der Waals surface area contributed by atoms with Gasteiger partial charge in [0.2, 0.25) is 0 Å². The van der Waals surface area contributed by atoms with Crippen LogP contribution in [0.1, 0.15) is 69.6 Å². The van der Waals surface area contributed by atoms with Gasteiger partial charge < -0.3 is 5.11 Å². The molecule has 0 heterocycles. The van der Waals surface area contributed by atoms with E-state index in [9.17, 15) is 5.11 Å². The lowest BCUT2D eigenvalue weighted by Crippen LogP contribution is -2.52. The molecule has 1 N–H and O–H groups in total. The SMILES string of the molecule is Cc1cc(C)cc(CC2C(CO)CCC3C(C)(C)CCCC23C)c1. The molecule has 1 aromatic carbocycles. The second-order valence-electron chi connectivity index (χ2n) is 9.73. The molecule has 0 bridgehead atoms. The van der Waals surface area contributed by atoms with Gasteiger partial charge in [0.25, 0.3) is 0 Å². The van der Waals surface area contributed by atoms with Gasteiger partial charge in [0.05, 0.1) is 0 Å². The van der Waals surface area contributed by atoms with Crippen LogP contribution in [0.3, 0.4) is 0 Å². The van der Waals surface area contributed by atoms with E-state index >= 15 is 0 Å². The van der Waals surface area contributed by atoms with Crippen molar-refractivity contribution in [3.05, 3.63) is 34.9 Å². The molecule has 1 nitrogen and oxygen atoms in total. The molecule has 2 saturated carbocycles. The summed E-state index contributed by atoms with van der Waals surface area (Å²) in [5, 5.41) is 10.1. The van der Waals surface area contributed by atoms with Crippen molar-refractivity contribution in [3.63, 3.8) is 0 Å². The molecule has 24 heavy (non-hydrogen) atoms. The summed E-state index contributed by atoms with van der Waals surface area (Å²) in [5.74, 6) is 1.89. The minimum absolute atomic E-state index is 0.359. The molecule has 1 aromatic rings. The third-order valence-electron chi connectivity index (χ3n) is 7.49. The van der Waals surface area contributed by atoms with Gasteiger partial charge in [-0.3, -0.25) is 0 Å². The van der Waals surface area contributed by atoms with Crippen LogP contribution in [0.15, 0.2) is 18.2 Å². The third-order valence-corrected chi connectivity index (χ3v) is 7.49. The number of aliphatic hydroxyl groups excluding tert-OH is 1. The summed E-state index contributed by atoms with van der Waals surface area (Å²) in [4.78, 5) is 0. The Morgan fingerprint density at radius 3 is 2.29 bits per heavy atom. The molecule has 4 atom stereocenters. The zero-order valence-electron chi connectivity index (χ0n) is 16.4. The fourth-order valence-electron chi connectivity index (χ4n) is 6.51. The minimum atomic E-state index is 0.359. The molecule has 134 valence electrons. The Labute approximate surface area is 148 Å². The summed E-state index contributed by atoms with van der Waals surface area (Å²) in [5.41, 5.74) is 5.04. The van der Waals surface area contributed by atoms with Gasteiger partial charge in [0.1, 0.15) is 0 Å². The third kappa shape index (κ3) is 3.17. The Morgan fingerprint density at radius 1 is 1.00 bits per heavy atom. The van der Waals surface area contributed by atoms with Crippen molar-refractivity contribution in [2.75, 3.05) is 6.61 Å². The maximum Gasteiger partial charge on any atom is 0.0462 e. The normalized spacial score (nSPS) is 35.5. The molecule has 0 spiro atoms. The lowest BCUT2D eigenvalue weighted by Gasteiger charge is -2.59. The predicted molar refractivity (Wildman–Crippen MR) is 102 cm³/mol. The molecular formula is C23H36O. The molecule has 2 aliphatic carbocycles. The predicted octanol–water partition coefficient (Wildman–Crippen LogP) is 5.70. The van der Waals surface area contributed by atoms with Crippen molar-refractivity contribution in [1.29, 1.82) is 0 Å². The lowest BCUT2D eigenvalue weighted by atomic mass is 9.46. The molecule has 3 rings (SSSR count). The highest BCUT2D eigenvalue weighted by Gasteiger charge is 2.54. The van der Waals surface area contributed by atoms with E-state index in [-0.39, 0.29) is 0 Å². The van der Waals surface area contributed by atoms with Gasteiger partial charge in [-0.15, -0.1) is 0 Å². The van der Waals surface area contributed by atoms with Crippen molar-refractivity contribution in [2.24, 2.45) is 28.6 Å². The molecule has 4 unspecified atom stereocenters. The standard InChI is InChI=1S/C23H36O/c1-16-11-17(2)13-18(12-16)14-20-19(15-24)7-8-21-22(3,4)9-6-10-23(20,21)5/h11-13,19-21,24H,6-10,14-15H2,1-5H3. The number of aliphatic hydroxyl groups is 1. The van der Waals surface area contributed by atoms with Crippen molar-refractivity contribution in [2.45, 2.75) is 73.1 Å². The maximum atomic E-state index is 10.1. The zero-order valence-corrected chi connectivity index (χ0v) is 16.4. The molecule has 2 aliphatic rings. The minimum Gasteiger partial charge on any atom is -0.396 e. The van der Waals surface area contributed by atoms with Crippen LogP contribution in [0.2, 0.25) is 0 Å². The molecule has 0 saturated heterocycles. The van der Waals surface area contributed by atoms with Gasteiger partial charge in [-0.2, -0.15) is 0 Å². The van der Waals surface area contributed by atoms with Crippen molar-refractivity contribution in [3.8, 4) is 0 Å². The maximum absolute atomic E-state index is 10.1. The van der Waals surface area contributed by atoms with E-state index in [1.54, 1.807) is 0 Å². The number of hydrogen-bond donors (Lipinski definition) is 1. The first kappa shape index (κ1) is 18.0. The van der Waals surface area contributed by atoms with Crippen LogP contribution in [0.25, 0.3) is 0 Å². The topological polar surface area (TPSA) is 20.2 Å². The monoisotopic (exact) mass is 328 g/mol. The average molecular weight is 329 g/mol. The first-order valence-corrected chi connectivity index (χ1v) is 9.94. The van der Waals surface area contributed by atoms with E-state index in [0.717, 1.165) is 12.3 Å². The summed E-state index contributed by atoms with van der Waals surface area (Å²) in [7, 11) is 0. The van der Waals surface area contributed by atoms with Crippen LogP contribution in [-0.4, -0.2) is 11.7 Å². The Hall–Kier alpha value is -0.820. The lowest BCUT2D eigenvalue weighted by molar-refractivity contribution is -0.105. The van der Waals surface area contributed by atoms with Crippen LogP contribution < -0.4 is 0 Å². The molecule has 0 aromatic heterocycles. The fraction of sp³-hybridized carbons (Fsp3) is 0.739. The summed E-state index contributed by atoms with van der Waals surface area (Å²) in [6.07, 6.45) is 7.70. The largest absolute Gasteiger partial charge is 0.396 e. The van der Waals surface area contributed by atoms with Crippen molar-refractivity contribution in [1.82, 2.24) is 0 Å². The quantitative estimate of drug-likeness (QED) is 0.755. The zero-order chi connectivity index (χ0) is 17.5. The molecule has 0 amide bonds. The van der Waals surface area contributed by atoms with Crippen molar-refractivity contribution >= 4 is 0 Å². The van der Waals surface area contributed by atoms with Gasteiger partial charge in [-0.05, 0) is 80.1 Å². The summed E-state index contributed by atoms with van der Waals surface area (Å²) >= 11 is 0. The number of benzene rings is 1. The molecule has 2 fully saturated rings. The average Bonchev–Trinajstić information content (AvgIpc) is 2.47. The molecule has 0 aliphatic heterocycles. The molecular weight excluding hydrogens is 292 g/mol. The van der Waals surface area contributed by atoms with Crippen LogP contribution in [-0.2, 0) is 6.42 Å². The van der Waals surface area contributed by atoms with Crippen molar-refractivity contribution < 1.29 is 5.11 Å². The smallest absolute Gasteiger partial charge is 0.0462 e. The van der Waals surface area contributed by atoms with Crippen LogP contribution in [0, 0.1) is 42.4 Å².